The van der Waals surface area contributed by atoms with Crippen LogP contribution in [0.25, 0.3) is 16.9 Å². The molecule has 0 radical (unpaired) electrons. The summed E-state index contributed by atoms with van der Waals surface area (Å²) >= 11 is 0. The molecule has 0 aliphatic rings. The molecule has 0 amide bonds. The molecule has 124 valence electrons. The van der Waals surface area contributed by atoms with Crippen LogP contribution in [-0.2, 0) is 12.6 Å². The molecule has 0 saturated heterocycles. The highest BCUT2D eigenvalue weighted by atomic mass is 19.4. The number of aryl methyl sites for hydroxylation is 1. The summed E-state index contributed by atoms with van der Waals surface area (Å²) < 4.78 is 39.6. The summed E-state index contributed by atoms with van der Waals surface area (Å²) in [5.41, 5.74) is 1.31. The van der Waals surface area contributed by atoms with Crippen molar-refractivity contribution in [3.8, 4) is 11.3 Å². The molecule has 1 N–H and O–H groups in total. The Balaban J connectivity index is 2.14. The summed E-state index contributed by atoms with van der Waals surface area (Å²) in [6.45, 7) is 1.86. The minimum absolute atomic E-state index is 0.131. The van der Waals surface area contributed by atoms with Crippen LogP contribution in [0.5, 0.6) is 0 Å². The fourth-order valence-electron chi connectivity index (χ4n) is 2.50. The van der Waals surface area contributed by atoms with Gasteiger partial charge in [0.05, 0.1) is 23.1 Å². The Morgan fingerprint density at radius 3 is 2.46 bits per heavy atom. The summed E-state index contributed by atoms with van der Waals surface area (Å²) in [4.78, 5) is 19.2. The van der Waals surface area contributed by atoms with Crippen LogP contribution < -0.4 is 0 Å². The van der Waals surface area contributed by atoms with Gasteiger partial charge in [-0.05, 0) is 18.6 Å². The third kappa shape index (κ3) is 2.70. The average molecular weight is 335 g/mol. The molecule has 0 fully saturated rings. The molecule has 0 saturated carbocycles. The van der Waals surface area contributed by atoms with E-state index in [1.54, 1.807) is 4.40 Å². The molecule has 0 bridgehead atoms. The van der Waals surface area contributed by atoms with Crippen LogP contribution in [0.15, 0.2) is 36.7 Å². The lowest BCUT2D eigenvalue weighted by Crippen LogP contribution is -2.04. The zero-order valence-electron chi connectivity index (χ0n) is 12.5. The van der Waals surface area contributed by atoms with E-state index in [-0.39, 0.29) is 5.69 Å². The van der Waals surface area contributed by atoms with E-state index in [4.69, 9.17) is 5.11 Å². The molecule has 1 aromatic carbocycles. The molecule has 0 atom stereocenters. The van der Waals surface area contributed by atoms with Crippen LogP contribution in [0.1, 0.15) is 28.7 Å². The second-order valence-electron chi connectivity index (χ2n) is 5.14. The van der Waals surface area contributed by atoms with Crippen LogP contribution in [0, 0.1) is 0 Å². The molecule has 2 heterocycles. The average Bonchev–Trinajstić information content (AvgIpc) is 2.91. The van der Waals surface area contributed by atoms with Gasteiger partial charge < -0.3 is 5.11 Å². The quantitative estimate of drug-likeness (QED) is 0.793. The van der Waals surface area contributed by atoms with E-state index in [0.717, 1.165) is 12.1 Å². The number of halogens is 3. The highest BCUT2D eigenvalue weighted by molar-refractivity contribution is 5.85. The SMILES string of the molecule is CCc1c(-c2ccc(C(F)(F)F)cc2)nc2cnc(C(=O)O)cn12. The van der Waals surface area contributed by atoms with Gasteiger partial charge in [0.25, 0.3) is 0 Å². The number of aromatic carboxylic acids is 1. The summed E-state index contributed by atoms with van der Waals surface area (Å²) in [5.74, 6) is -1.16. The first-order valence-corrected chi connectivity index (χ1v) is 7.09. The highest BCUT2D eigenvalue weighted by Crippen LogP contribution is 2.32. The number of carboxylic acids is 1. The molecule has 0 unspecified atom stereocenters. The predicted molar refractivity (Wildman–Crippen MR) is 79.8 cm³/mol. The fourth-order valence-corrected chi connectivity index (χ4v) is 2.50. The van der Waals surface area contributed by atoms with Crippen molar-refractivity contribution in [1.82, 2.24) is 14.4 Å². The second-order valence-corrected chi connectivity index (χ2v) is 5.14. The number of carbonyl (C=O) groups is 1. The van der Waals surface area contributed by atoms with Gasteiger partial charge in [-0.25, -0.2) is 14.8 Å². The molecule has 2 aromatic heterocycles. The fraction of sp³-hybridized carbons (Fsp3) is 0.188. The van der Waals surface area contributed by atoms with E-state index in [2.05, 4.69) is 9.97 Å². The number of imidazole rings is 1. The molecule has 0 aliphatic carbocycles. The largest absolute Gasteiger partial charge is 0.476 e. The van der Waals surface area contributed by atoms with Crippen molar-refractivity contribution in [1.29, 1.82) is 0 Å². The lowest BCUT2D eigenvalue weighted by molar-refractivity contribution is -0.137. The van der Waals surface area contributed by atoms with Gasteiger partial charge in [0, 0.05) is 11.8 Å². The Morgan fingerprint density at radius 1 is 1.25 bits per heavy atom. The number of aromatic nitrogens is 3. The monoisotopic (exact) mass is 335 g/mol. The maximum Gasteiger partial charge on any atom is 0.416 e. The van der Waals surface area contributed by atoms with E-state index in [9.17, 15) is 18.0 Å². The molecular formula is C16H12F3N3O2. The zero-order valence-corrected chi connectivity index (χ0v) is 12.5. The Labute approximate surface area is 134 Å². The van der Waals surface area contributed by atoms with E-state index < -0.39 is 17.7 Å². The van der Waals surface area contributed by atoms with E-state index in [0.29, 0.717) is 29.0 Å². The Bertz CT molecular complexity index is 915. The number of fused-ring (bicyclic) bond motifs is 1. The van der Waals surface area contributed by atoms with Crippen LogP contribution in [0.3, 0.4) is 0 Å². The van der Waals surface area contributed by atoms with Crippen LogP contribution in [-0.4, -0.2) is 25.4 Å². The van der Waals surface area contributed by atoms with Crippen molar-refractivity contribution >= 4 is 11.6 Å². The van der Waals surface area contributed by atoms with Gasteiger partial charge in [-0.1, -0.05) is 19.1 Å². The lowest BCUT2D eigenvalue weighted by Gasteiger charge is -2.07. The first-order chi connectivity index (χ1) is 11.3. The molecule has 0 spiro atoms. The molecule has 3 aromatic rings. The standard InChI is InChI=1S/C16H12F3N3O2/c1-2-12-14(9-3-5-10(6-4-9)16(17,18)19)21-13-7-20-11(15(23)24)8-22(12)13/h3-8H,2H2,1H3,(H,23,24). The lowest BCUT2D eigenvalue weighted by atomic mass is 10.1. The van der Waals surface area contributed by atoms with Crippen molar-refractivity contribution in [3.05, 3.63) is 53.6 Å². The van der Waals surface area contributed by atoms with Crippen molar-refractivity contribution in [2.45, 2.75) is 19.5 Å². The van der Waals surface area contributed by atoms with Gasteiger partial charge in [0.15, 0.2) is 11.3 Å². The topological polar surface area (TPSA) is 67.5 Å². The van der Waals surface area contributed by atoms with Crippen molar-refractivity contribution in [3.63, 3.8) is 0 Å². The normalized spacial score (nSPS) is 11.8. The van der Waals surface area contributed by atoms with E-state index in [1.165, 1.54) is 24.5 Å². The Morgan fingerprint density at radius 2 is 1.92 bits per heavy atom. The smallest absolute Gasteiger partial charge is 0.416 e. The molecule has 8 heteroatoms. The summed E-state index contributed by atoms with van der Waals surface area (Å²) in [6.07, 6.45) is -1.18. The summed E-state index contributed by atoms with van der Waals surface area (Å²) in [6, 6.07) is 4.71. The second kappa shape index (κ2) is 5.63. The number of nitrogens with zero attached hydrogens (tertiary/aromatic N) is 3. The number of hydrogen-bond acceptors (Lipinski definition) is 3. The Hall–Kier alpha value is -2.90. The number of hydrogen-bond donors (Lipinski definition) is 1. The van der Waals surface area contributed by atoms with Crippen LogP contribution >= 0.6 is 0 Å². The van der Waals surface area contributed by atoms with E-state index in [1.807, 2.05) is 6.92 Å². The third-order valence-electron chi connectivity index (χ3n) is 3.65. The van der Waals surface area contributed by atoms with Crippen molar-refractivity contribution in [2.24, 2.45) is 0 Å². The molecular weight excluding hydrogens is 323 g/mol. The number of rotatable bonds is 3. The van der Waals surface area contributed by atoms with Crippen molar-refractivity contribution < 1.29 is 23.1 Å². The van der Waals surface area contributed by atoms with Gasteiger partial charge in [-0.2, -0.15) is 13.2 Å². The van der Waals surface area contributed by atoms with Crippen LogP contribution in [0.2, 0.25) is 0 Å². The molecule has 0 aliphatic heterocycles. The number of carboxylic acid groups (broad SMARTS) is 1. The molecule has 3 rings (SSSR count). The van der Waals surface area contributed by atoms with E-state index >= 15 is 0 Å². The minimum Gasteiger partial charge on any atom is -0.476 e. The first kappa shape index (κ1) is 16.0. The van der Waals surface area contributed by atoms with Gasteiger partial charge in [0.2, 0.25) is 0 Å². The molecule has 5 nitrogen and oxygen atoms in total. The molecule has 24 heavy (non-hydrogen) atoms. The summed E-state index contributed by atoms with van der Waals surface area (Å²) in [7, 11) is 0. The maximum absolute atomic E-state index is 12.7. The number of benzene rings is 1. The van der Waals surface area contributed by atoms with Gasteiger partial charge in [0.1, 0.15) is 0 Å². The Kier molecular flexibility index (Phi) is 3.75. The van der Waals surface area contributed by atoms with Crippen molar-refractivity contribution in [2.75, 3.05) is 0 Å². The van der Waals surface area contributed by atoms with Gasteiger partial charge in [-0.3, -0.25) is 4.40 Å². The predicted octanol–water partition coefficient (Wildman–Crippen LogP) is 3.68. The minimum atomic E-state index is -4.40. The van der Waals surface area contributed by atoms with Gasteiger partial charge in [-0.15, -0.1) is 0 Å². The third-order valence-corrected chi connectivity index (χ3v) is 3.65. The number of alkyl halides is 3. The summed E-state index contributed by atoms with van der Waals surface area (Å²) in [5, 5.41) is 9.04. The van der Waals surface area contributed by atoms with Gasteiger partial charge >= 0.3 is 12.1 Å². The first-order valence-electron chi connectivity index (χ1n) is 7.09. The zero-order chi connectivity index (χ0) is 17.5. The van der Waals surface area contributed by atoms with Crippen LogP contribution in [0.4, 0.5) is 13.2 Å². The maximum atomic E-state index is 12.7. The highest BCUT2D eigenvalue weighted by Gasteiger charge is 2.30.